The Morgan fingerprint density at radius 3 is 2.77 bits per heavy atom. The lowest BCUT2D eigenvalue weighted by Gasteiger charge is -2.26. The van der Waals surface area contributed by atoms with E-state index in [1.807, 2.05) is 0 Å². The van der Waals surface area contributed by atoms with Crippen molar-refractivity contribution in [2.75, 3.05) is 39.4 Å². The molecule has 4 nitrogen and oxygen atoms in total. The molecular weight excluding hydrogens is 307 g/mol. The molecule has 1 aliphatic heterocycles. The Bertz CT molecular complexity index is 491. The molecular formula is C16H22ClFN2O2. The summed E-state index contributed by atoms with van der Waals surface area (Å²) in [5.74, 6) is -0.519. The van der Waals surface area contributed by atoms with Gasteiger partial charge in [-0.2, -0.15) is 0 Å². The summed E-state index contributed by atoms with van der Waals surface area (Å²) in [4.78, 5) is 13.9. The van der Waals surface area contributed by atoms with E-state index in [2.05, 4.69) is 10.2 Å². The van der Waals surface area contributed by atoms with Crippen LogP contribution in [0.1, 0.15) is 12.0 Å². The molecule has 1 saturated heterocycles. The van der Waals surface area contributed by atoms with Crippen LogP contribution in [0.5, 0.6) is 0 Å². The maximum Gasteiger partial charge on any atom is 0.244 e. The predicted molar refractivity (Wildman–Crippen MR) is 87.6 cm³/mol. The molecule has 6 heteroatoms. The van der Waals surface area contributed by atoms with Gasteiger partial charge in [0.25, 0.3) is 0 Å². The number of benzene rings is 1. The van der Waals surface area contributed by atoms with Crippen LogP contribution in [-0.4, -0.2) is 50.2 Å². The molecule has 1 amide bonds. The van der Waals surface area contributed by atoms with Gasteiger partial charge in [0.1, 0.15) is 5.82 Å². The van der Waals surface area contributed by atoms with Crippen LogP contribution in [0.15, 0.2) is 30.3 Å². The van der Waals surface area contributed by atoms with Crippen LogP contribution in [0.25, 0.3) is 6.08 Å². The number of hydrogen-bond acceptors (Lipinski definition) is 3. The second-order valence-electron chi connectivity index (χ2n) is 4.95. The van der Waals surface area contributed by atoms with Gasteiger partial charge in [0.05, 0.1) is 13.2 Å². The number of nitrogens with one attached hydrogen (secondary N) is 1. The fourth-order valence-corrected chi connectivity index (χ4v) is 2.17. The Balaban J connectivity index is 0.00000242. The average molecular weight is 329 g/mol. The van der Waals surface area contributed by atoms with Crippen molar-refractivity contribution in [2.45, 2.75) is 6.42 Å². The molecule has 122 valence electrons. The monoisotopic (exact) mass is 328 g/mol. The van der Waals surface area contributed by atoms with E-state index in [-0.39, 0.29) is 24.1 Å². The molecule has 0 bridgehead atoms. The maximum atomic E-state index is 13.4. The van der Waals surface area contributed by atoms with Crippen LogP contribution in [-0.2, 0) is 9.53 Å². The first-order valence-corrected chi connectivity index (χ1v) is 7.26. The van der Waals surface area contributed by atoms with Gasteiger partial charge in [0, 0.05) is 31.3 Å². The number of carbonyl (C=O) groups excluding carboxylic acids is 1. The summed E-state index contributed by atoms with van der Waals surface area (Å²) in [7, 11) is 0. The molecule has 0 spiro atoms. The van der Waals surface area contributed by atoms with E-state index >= 15 is 0 Å². The van der Waals surface area contributed by atoms with Crippen LogP contribution < -0.4 is 5.32 Å². The minimum atomic E-state index is -0.325. The number of nitrogens with zero attached hydrogens (tertiary/aromatic N) is 1. The fourth-order valence-electron chi connectivity index (χ4n) is 2.17. The standard InChI is InChI=1S/C16H21FN2O2.ClH/c17-15-5-2-1-4-14(15)6-7-16(20)18-8-3-9-19-10-12-21-13-11-19;/h1-2,4-7H,3,8-13H2,(H,18,20);1H. The predicted octanol–water partition coefficient (Wildman–Crippen LogP) is 2.10. The topological polar surface area (TPSA) is 41.6 Å². The molecule has 1 heterocycles. The molecule has 0 saturated carbocycles. The Morgan fingerprint density at radius 2 is 2.05 bits per heavy atom. The molecule has 1 aromatic rings. The summed E-state index contributed by atoms with van der Waals surface area (Å²) in [6.45, 7) is 5.08. The van der Waals surface area contributed by atoms with Crippen molar-refractivity contribution in [2.24, 2.45) is 0 Å². The van der Waals surface area contributed by atoms with Gasteiger partial charge in [-0.3, -0.25) is 9.69 Å². The van der Waals surface area contributed by atoms with Crippen molar-refractivity contribution in [1.29, 1.82) is 0 Å². The van der Waals surface area contributed by atoms with Crippen LogP contribution >= 0.6 is 12.4 Å². The van der Waals surface area contributed by atoms with Crippen molar-refractivity contribution >= 4 is 24.4 Å². The first-order valence-electron chi connectivity index (χ1n) is 7.26. The smallest absolute Gasteiger partial charge is 0.244 e. The third-order valence-corrected chi connectivity index (χ3v) is 3.37. The van der Waals surface area contributed by atoms with Crippen LogP contribution in [0, 0.1) is 5.82 Å². The van der Waals surface area contributed by atoms with Gasteiger partial charge in [0.15, 0.2) is 0 Å². The quantitative estimate of drug-likeness (QED) is 0.642. The summed E-state index contributed by atoms with van der Waals surface area (Å²) in [5.41, 5.74) is 0.418. The number of hydrogen-bond donors (Lipinski definition) is 1. The highest BCUT2D eigenvalue weighted by atomic mass is 35.5. The summed E-state index contributed by atoms with van der Waals surface area (Å²) in [6.07, 6.45) is 3.76. The van der Waals surface area contributed by atoms with Crippen molar-refractivity contribution in [3.05, 3.63) is 41.7 Å². The summed E-state index contributed by atoms with van der Waals surface area (Å²) < 4.78 is 18.6. The second kappa shape index (κ2) is 10.3. The molecule has 22 heavy (non-hydrogen) atoms. The van der Waals surface area contributed by atoms with E-state index in [9.17, 15) is 9.18 Å². The molecule has 1 aliphatic rings. The number of rotatable bonds is 6. The van der Waals surface area contributed by atoms with Gasteiger partial charge < -0.3 is 10.1 Å². The minimum absolute atomic E-state index is 0. The lowest BCUT2D eigenvalue weighted by atomic mass is 10.2. The number of morpholine rings is 1. The zero-order chi connectivity index (χ0) is 14.9. The Hall–Kier alpha value is -1.43. The molecule has 2 rings (SSSR count). The lowest BCUT2D eigenvalue weighted by molar-refractivity contribution is -0.116. The third kappa shape index (κ3) is 6.56. The summed E-state index contributed by atoms with van der Waals surface area (Å²) >= 11 is 0. The molecule has 0 atom stereocenters. The molecule has 1 fully saturated rings. The van der Waals surface area contributed by atoms with Gasteiger partial charge >= 0.3 is 0 Å². The van der Waals surface area contributed by atoms with E-state index in [0.29, 0.717) is 12.1 Å². The number of ether oxygens (including phenoxy) is 1. The highest BCUT2D eigenvalue weighted by Gasteiger charge is 2.09. The highest BCUT2D eigenvalue weighted by Crippen LogP contribution is 2.07. The van der Waals surface area contributed by atoms with Crippen LogP contribution in [0.4, 0.5) is 4.39 Å². The van der Waals surface area contributed by atoms with Crippen molar-refractivity contribution < 1.29 is 13.9 Å². The fraction of sp³-hybridized carbons (Fsp3) is 0.438. The SMILES string of the molecule is Cl.O=C(C=Cc1ccccc1F)NCCCN1CCOCC1. The number of carbonyl (C=O) groups is 1. The Kier molecular flexibility index (Phi) is 8.74. The summed E-state index contributed by atoms with van der Waals surface area (Å²) in [6, 6.07) is 6.37. The number of amides is 1. The van der Waals surface area contributed by atoms with Crippen molar-refractivity contribution in [1.82, 2.24) is 10.2 Å². The first-order chi connectivity index (χ1) is 10.3. The van der Waals surface area contributed by atoms with Crippen LogP contribution in [0.3, 0.4) is 0 Å². The van der Waals surface area contributed by atoms with E-state index in [1.54, 1.807) is 18.2 Å². The summed E-state index contributed by atoms with van der Waals surface area (Å²) in [5, 5.41) is 2.81. The number of halogens is 2. The lowest BCUT2D eigenvalue weighted by Crippen LogP contribution is -2.38. The molecule has 0 radical (unpaired) electrons. The van der Waals surface area contributed by atoms with E-state index in [0.717, 1.165) is 39.3 Å². The maximum absolute atomic E-state index is 13.4. The van der Waals surface area contributed by atoms with Crippen molar-refractivity contribution in [3.8, 4) is 0 Å². The molecule has 1 aromatic carbocycles. The highest BCUT2D eigenvalue weighted by molar-refractivity contribution is 5.91. The zero-order valence-corrected chi connectivity index (χ0v) is 13.3. The molecule has 0 aliphatic carbocycles. The largest absolute Gasteiger partial charge is 0.379 e. The zero-order valence-electron chi connectivity index (χ0n) is 12.5. The Morgan fingerprint density at radius 1 is 1.32 bits per heavy atom. The van der Waals surface area contributed by atoms with E-state index in [1.165, 1.54) is 18.2 Å². The van der Waals surface area contributed by atoms with Gasteiger partial charge in [-0.1, -0.05) is 18.2 Å². The second-order valence-corrected chi connectivity index (χ2v) is 4.95. The van der Waals surface area contributed by atoms with E-state index in [4.69, 9.17) is 4.74 Å². The normalized spacial score (nSPS) is 15.5. The van der Waals surface area contributed by atoms with E-state index < -0.39 is 0 Å². The third-order valence-electron chi connectivity index (χ3n) is 3.37. The molecule has 1 N–H and O–H groups in total. The van der Waals surface area contributed by atoms with Gasteiger partial charge in [0.2, 0.25) is 5.91 Å². The molecule has 0 aromatic heterocycles. The van der Waals surface area contributed by atoms with Gasteiger partial charge in [-0.05, 0) is 25.1 Å². The van der Waals surface area contributed by atoms with Crippen LogP contribution in [0.2, 0.25) is 0 Å². The average Bonchev–Trinajstić information content (AvgIpc) is 2.52. The molecule has 0 unspecified atom stereocenters. The van der Waals surface area contributed by atoms with Crippen molar-refractivity contribution in [3.63, 3.8) is 0 Å². The Labute approximate surface area is 136 Å². The van der Waals surface area contributed by atoms with Gasteiger partial charge in [-0.15, -0.1) is 12.4 Å². The first kappa shape index (κ1) is 18.6. The van der Waals surface area contributed by atoms with Gasteiger partial charge in [-0.25, -0.2) is 4.39 Å². The minimum Gasteiger partial charge on any atom is -0.379 e.